The minimum atomic E-state index is 0. The number of imidazole rings is 1. The van der Waals surface area contributed by atoms with Gasteiger partial charge in [0.2, 0.25) is 0 Å². The molecule has 1 aromatic carbocycles. The van der Waals surface area contributed by atoms with Crippen molar-refractivity contribution in [2.24, 2.45) is 0 Å². The van der Waals surface area contributed by atoms with Crippen LogP contribution in [0.5, 0.6) is 0 Å². The summed E-state index contributed by atoms with van der Waals surface area (Å²) < 4.78 is 1.86. The summed E-state index contributed by atoms with van der Waals surface area (Å²) in [5, 5.41) is 0. The van der Waals surface area contributed by atoms with E-state index in [9.17, 15) is 0 Å². The summed E-state index contributed by atoms with van der Waals surface area (Å²) >= 11 is 0. The molecule has 0 aliphatic heterocycles. The van der Waals surface area contributed by atoms with Gasteiger partial charge >= 0.3 is 0 Å². The molecule has 0 saturated heterocycles. The number of hydrogen-bond acceptors (Lipinski definition) is 2. The van der Waals surface area contributed by atoms with Crippen molar-refractivity contribution in [2.45, 2.75) is 0 Å². The van der Waals surface area contributed by atoms with Crippen LogP contribution in [0.3, 0.4) is 0 Å². The molecule has 0 fully saturated rings. The van der Waals surface area contributed by atoms with Crippen LogP contribution in [-0.4, -0.2) is 14.5 Å². The van der Waals surface area contributed by atoms with Gasteiger partial charge < -0.3 is 9.55 Å². The molecular formula is C12H8N3Pt-. The van der Waals surface area contributed by atoms with Gasteiger partial charge in [-0.3, -0.25) is 4.98 Å². The number of rotatable bonds is 1. The normalized spacial score (nSPS) is 10.0. The van der Waals surface area contributed by atoms with E-state index < -0.39 is 0 Å². The number of pyridine rings is 1. The Morgan fingerprint density at radius 2 is 1.81 bits per heavy atom. The fraction of sp³-hybridized carbons (Fsp3) is 0. The summed E-state index contributed by atoms with van der Waals surface area (Å²) in [7, 11) is 0. The first-order valence-corrected chi connectivity index (χ1v) is 4.72. The standard InChI is InChI=1S/C12H8N3.Pt/c1-2-6-11-10(5-1)14-9-15(11)12-7-3-4-8-13-12;/h1-8H;/q-1;. The van der Waals surface area contributed by atoms with Gasteiger partial charge in [0.25, 0.3) is 0 Å². The van der Waals surface area contributed by atoms with Crippen molar-refractivity contribution in [3.05, 3.63) is 55.0 Å². The van der Waals surface area contributed by atoms with Crippen molar-refractivity contribution in [3.63, 3.8) is 0 Å². The molecule has 82 valence electrons. The Morgan fingerprint density at radius 3 is 2.62 bits per heavy atom. The molecule has 0 N–H and O–H groups in total. The van der Waals surface area contributed by atoms with Crippen LogP contribution in [0.25, 0.3) is 16.9 Å². The number of fused-ring (bicyclic) bond motifs is 1. The molecule has 0 spiro atoms. The summed E-state index contributed by atoms with van der Waals surface area (Å²) in [5.41, 5.74) is 1.96. The number of benzene rings is 1. The molecule has 0 aliphatic rings. The topological polar surface area (TPSA) is 30.7 Å². The maximum Gasteiger partial charge on any atom is 0.0552 e. The van der Waals surface area contributed by atoms with Crippen LogP contribution < -0.4 is 0 Å². The monoisotopic (exact) mass is 389 g/mol. The van der Waals surface area contributed by atoms with E-state index in [-0.39, 0.29) is 21.1 Å². The van der Waals surface area contributed by atoms with Crippen molar-refractivity contribution in [1.29, 1.82) is 0 Å². The van der Waals surface area contributed by atoms with Gasteiger partial charge in [0.05, 0.1) is 5.82 Å². The quantitative estimate of drug-likeness (QED) is 0.598. The van der Waals surface area contributed by atoms with E-state index >= 15 is 0 Å². The maximum absolute atomic E-state index is 4.26. The van der Waals surface area contributed by atoms with E-state index in [0.29, 0.717) is 0 Å². The number of nitrogens with zero attached hydrogens (tertiary/aromatic N) is 3. The fourth-order valence-electron chi connectivity index (χ4n) is 1.57. The van der Waals surface area contributed by atoms with Gasteiger partial charge in [0, 0.05) is 33.6 Å². The average molecular weight is 389 g/mol. The van der Waals surface area contributed by atoms with Crippen LogP contribution in [0, 0.1) is 6.33 Å². The third kappa shape index (κ3) is 1.79. The second-order valence-corrected chi connectivity index (χ2v) is 3.22. The van der Waals surface area contributed by atoms with Crippen LogP contribution >= 0.6 is 0 Å². The largest absolute Gasteiger partial charge is 0.411 e. The summed E-state index contributed by atoms with van der Waals surface area (Å²) in [4.78, 5) is 8.46. The minimum absolute atomic E-state index is 0. The van der Waals surface area contributed by atoms with Crippen LogP contribution in [0.2, 0.25) is 0 Å². The van der Waals surface area contributed by atoms with Gasteiger partial charge in [0.1, 0.15) is 0 Å². The molecule has 2 aromatic heterocycles. The van der Waals surface area contributed by atoms with Crippen LogP contribution in [-0.2, 0) is 21.1 Å². The molecule has 2 heterocycles. The molecule has 4 heteroatoms. The Kier molecular flexibility index (Phi) is 3.16. The summed E-state index contributed by atoms with van der Waals surface area (Å²) in [6, 6.07) is 13.7. The van der Waals surface area contributed by atoms with Crippen LogP contribution in [0.15, 0.2) is 48.7 Å². The van der Waals surface area contributed by atoms with E-state index in [2.05, 4.69) is 16.3 Å². The Hall–Kier alpha value is -1.47. The third-order valence-corrected chi connectivity index (χ3v) is 2.27. The molecule has 0 radical (unpaired) electrons. The second-order valence-electron chi connectivity index (χ2n) is 3.22. The van der Waals surface area contributed by atoms with Gasteiger partial charge in [-0.05, 0) is 11.6 Å². The molecule has 0 aliphatic carbocycles. The smallest absolute Gasteiger partial charge is 0.0552 e. The minimum Gasteiger partial charge on any atom is -0.411 e. The fourth-order valence-corrected chi connectivity index (χ4v) is 1.57. The summed E-state index contributed by atoms with van der Waals surface area (Å²) in [6.45, 7) is 0. The zero-order chi connectivity index (χ0) is 10.1. The predicted molar refractivity (Wildman–Crippen MR) is 57.7 cm³/mol. The molecule has 3 aromatic rings. The first kappa shape index (κ1) is 11.0. The van der Waals surface area contributed by atoms with Crippen molar-refractivity contribution in [3.8, 4) is 5.82 Å². The van der Waals surface area contributed by atoms with Crippen molar-refractivity contribution in [1.82, 2.24) is 14.5 Å². The summed E-state index contributed by atoms with van der Waals surface area (Å²) in [5.74, 6) is 0.839. The van der Waals surface area contributed by atoms with Gasteiger partial charge in [-0.25, -0.2) is 0 Å². The Balaban J connectivity index is 0.000000963. The number of para-hydroxylation sites is 2. The van der Waals surface area contributed by atoms with Crippen LogP contribution in [0.1, 0.15) is 0 Å². The number of hydrogen-bond donors (Lipinski definition) is 0. The molecule has 0 amide bonds. The van der Waals surface area contributed by atoms with E-state index in [1.54, 1.807) is 6.20 Å². The van der Waals surface area contributed by atoms with Crippen molar-refractivity contribution < 1.29 is 21.1 Å². The molecule has 0 saturated carbocycles. The summed E-state index contributed by atoms with van der Waals surface area (Å²) in [6.07, 6.45) is 4.70. The Bertz CT molecular complexity index is 589. The third-order valence-electron chi connectivity index (χ3n) is 2.27. The first-order valence-electron chi connectivity index (χ1n) is 4.72. The molecule has 16 heavy (non-hydrogen) atoms. The van der Waals surface area contributed by atoms with Gasteiger partial charge in [0.15, 0.2) is 0 Å². The Morgan fingerprint density at radius 1 is 1.00 bits per heavy atom. The van der Waals surface area contributed by atoms with Crippen molar-refractivity contribution in [2.75, 3.05) is 0 Å². The molecular weight excluding hydrogens is 381 g/mol. The van der Waals surface area contributed by atoms with Crippen LogP contribution in [0.4, 0.5) is 0 Å². The molecule has 0 bridgehead atoms. The van der Waals surface area contributed by atoms with E-state index in [1.165, 1.54) is 0 Å². The second kappa shape index (κ2) is 4.58. The number of aromatic nitrogens is 3. The maximum atomic E-state index is 4.26. The average Bonchev–Trinajstić information content (AvgIpc) is 2.74. The van der Waals surface area contributed by atoms with Gasteiger partial charge in [-0.15, -0.1) is 0 Å². The van der Waals surface area contributed by atoms with Gasteiger partial charge in [-0.1, -0.05) is 41.9 Å². The zero-order valence-corrected chi connectivity index (χ0v) is 10.5. The predicted octanol–water partition coefficient (Wildman–Crippen LogP) is 2.22. The zero-order valence-electron chi connectivity index (χ0n) is 8.28. The van der Waals surface area contributed by atoms with E-state index in [4.69, 9.17) is 0 Å². The SMILES string of the molecule is [Pt].[c-]1nc2ccccc2n1-c1ccccn1. The Labute approximate surface area is 107 Å². The first-order chi connectivity index (χ1) is 7.45. The van der Waals surface area contributed by atoms with E-state index in [1.807, 2.05) is 47.0 Å². The molecule has 0 atom stereocenters. The molecule has 0 unspecified atom stereocenters. The van der Waals surface area contributed by atoms with Gasteiger partial charge in [-0.2, -0.15) is 0 Å². The van der Waals surface area contributed by atoms with E-state index in [0.717, 1.165) is 16.9 Å². The molecule has 3 rings (SSSR count). The van der Waals surface area contributed by atoms with Crippen molar-refractivity contribution >= 4 is 11.0 Å². The molecule has 3 nitrogen and oxygen atoms in total.